The van der Waals surface area contributed by atoms with Gasteiger partial charge in [-0.15, -0.1) is 0 Å². The van der Waals surface area contributed by atoms with Crippen LogP contribution in [0.15, 0.2) is 30.3 Å². The molecule has 1 N–H and O–H groups in total. The lowest BCUT2D eigenvalue weighted by atomic mass is 10.2. The molecule has 2 rings (SSSR count). The first kappa shape index (κ1) is 12.9. The van der Waals surface area contributed by atoms with Crippen molar-refractivity contribution in [3.8, 4) is 5.75 Å². The van der Waals surface area contributed by atoms with Crippen LogP contribution in [0.3, 0.4) is 0 Å². The number of hydrogen-bond donors (Lipinski definition) is 1. The van der Waals surface area contributed by atoms with Gasteiger partial charge in [0.2, 0.25) is 5.91 Å². The molecule has 1 saturated heterocycles. The van der Waals surface area contributed by atoms with Crippen LogP contribution in [0.5, 0.6) is 5.75 Å². The zero-order valence-electron chi connectivity index (χ0n) is 10.8. The number of likely N-dealkylation sites (tertiary alicyclic amines) is 1. The minimum Gasteiger partial charge on any atom is -0.492 e. The molecule has 0 spiro atoms. The number of likely N-dealkylation sites (N-methyl/N-ethyl adjacent to an activating group) is 1. The number of nitrogens with zero attached hydrogens (tertiary/aromatic N) is 1. The fourth-order valence-electron chi connectivity index (χ4n) is 2.26. The number of hydrogen-bond acceptors (Lipinski definition) is 3. The van der Waals surface area contributed by atoms with Crippen molar-refractivity contribution in [2.24, 2.45) is 0 Å². The van der Waals surface area contributed by atoms with E-state index in [1.54, 1.807) is 7.05 Å². The van der Waals surface area contributed by atoms with Crippen LogP contribution in [0.25, 0.3) is 0 Å². The monoisotopic (exact) mass is 248 g/mol. The summed E-state index contributed by atoms with van der Waals surface area (Å²) < 4.78 is 5.76. The van der Waals surface area contributed by atoms with Crippen molar-refractivity contribution in [1.82, 2.24) is 10.2 Å². The van der Waals surface area contributed by atoms with Crippen molar-refractivity contribution in [2.75, 3.05) is 26.7 Å². The van der Waals surface area contributed by atoms with Crippen molar-refractivity contribution in [1.29, 1.82) is 0 Å². The van der Waals surface area contributed by atoms with Crippen LogP contribution in [0.1, 0.15) is 12.8 Å². The molecule has 1 aromatic carbocycles. The second-order valence-corrected chi connectivity index (χ2v) is 4.56. The Balaban J connectivity index is 1.83. The number of carbonyl (C=O) groups is 1. The predicted octanol–water partition coefficient (Wildman–Crippen LogP) is 1.28. The standard InChI is InChI=1S/C14H20N2O2/c1-15-14(17)10-16-9-5-6-12(16)11-18-13-7-3-2-4-8-13/h2-4,7-8,12H,5-6,9-11H2,1H3,(H,15,17)/t12-/m1/s1. The van der Waals surface area contributed by atoms with Gasteiger partial charge >= 0.3 is 0 Å². The van der Waals surface area contributed by atoms with Crippen LogP contribution >= 0.6 is 0 Å². The maximum absolute atomic E-state index is 11.4. The summed E-state index contributed by atoms with van der Waals surface area (Å²) in [5, 5.41) is 2.66. The molecule has 1 aliphatic heterocycles. The van der Waals surface area contributed by atoms with Gasteiger partial charge in [-0.1, -0.05) is 18.2 Å². The summed E-state index contributed by atoms with van der Waals surface area (Å²) in [6.07, 6.45) is 2.24. The number of para-hydroxylation sites is 1. The van der Waals surface area contributed by atoms with Gasteiger partial charge in [0.25, 0.3) is 0 Å². The lowest BCUT2D eigenvalue weighted by molar-refractivity contribution is -0.122. The Morgan fingerprint density at radius 2 is 2.22 bits per heavy atom. The van der Waals surface area contributed by atoms with Gasteiger partial charge < -0.3 is 10.1 Å². The van der Waals surface area contributed by atoms with E-state index in [-0.39, 0.29) is 5.91 Å². The van der Waals surface area contributed by atoms with E-state index in [0.717, 1.165) is 25.1 Å². The molecule has 0 unspecified atom stereocenters. The summed E-state index contributed by atoms with van der Waals surface area (Å²) in [6.45, 7) is 2.11. The molecule has 1 aliphatic rings. The molecule has 0 aromatic heterocycles. The number of rotatable bonds is 5. The molecule has 0 saturated carbocycles. The molecule has 1 aromatic rings. The molecule has 98 valence electrons. The third-order valence-electron chi connectivity index (χ3n) is 3.31. The quantitative estimate of drug-likeness (QED) is 0.853. The highest BCUT2D eigenvalue weighted by Gasteiger charge is 2.26. The van der Waals surface area contributed by atoms with E-state index in [1.807, 2.05) is 30.3 Å². The smallest absolute Gasteiger partial charge is 0.233 e. The fraction of sp³-hybridized carbons (Fsp3) is 0.500. The third-order valence-corrected chi connectivity index (χ3v) is 3.31. The van der Waals surface area contributed by atoms with Gasteiger partial charge in [0.05, 0.1) is 6.54 Å². The zero-order chi connectivity index (χ0) is 12.8. The number of ether oxygens (including phenoxy) is 1. The predicted molar refractivity (Wildman–Crippen MR) is 70.6 cm³/mol. The highest BCUT2D eigenvalue weighted by Crippen LogP contribution is 2.18. The van der Waals surface area contributed by atoms with Crippen LogP contribution in [-0.4, -0.2) is 43.6 Å². The van der Waals surface area contributed by atoms with E-state index >= 15 is 0 Å². The summed E-state index contributed by atoms with van der Waals surface area (Å²) in [4.78, 5) is 13.6. The maximum Gasteiger partial charge on any atom is 0.233 e. The van der Waals surface area contributed by atoms with Gasteiger partial charge in [0, 0.05) is 13.1 Å². The molecular formula is C14H20N2O2. The lowest BCUT2D eigenvalue weighted by Crippen LogP contribution is -2.41. The molecule has 4 heteroatoms. The first-order valence-electron chi connectivity index (χ1n) is 6.42. The summed E-state index contributed by atoms with van der Waals surface area (Å²) in [5.74, 6) is 0.964. The average molecular weight is 248 g/mol. The van der Waals surface area contributed by atoms with Crippen molar-refractivity contribution >= 4 is 5.91 Å². The molecule has 4 nitrogen and oxygen atoms in total. The SMILES string of the molecule is CNC(=O)CN1CCC[C@@H]1COc1ccccc1. The highest BCUT2D eigenvalue weighted by atomic mass is 16.5. The number of carbonyl (C=O) groups excluding carboxylic acids is 1. The maximum atomic E-state index is 11.4. The first-order valence-corrected chi connectivity index (χ1v) is 6.42. The summed E-state index contributed by atoms with van der Waals surface area (Å²) in [6, 6.07) is 10.2. The molecule has 0 radical (unpaired) electrons. The Labute approximate surface area is 108 Å². The van der Waals surface area contributed by atoms with E-state index in [4.69, 9.17) is 4.74 Å². The van der Waals surface area contributed by atoms with Crippen molar-refractivity contribution in [3.63, 3.8) is 0 Å². The Bertz CT molecular complexity index is 381. The van der Waals surface area contributed by atoms with Gasteiger partial charge in [-0.3, -0.25) is 9.69 Å². The van der Waals surface area contributed by atoms with Gasteiger partial charge in [0.1, 0.15) is 12.4 Å². The van der Waals surface area contributed by atoms with E-state index < -0.39 is 0 Å². The molecule has 1 fully saturated rings. The molecule has 1 atom stereocenters. The first-order chi connectivity index (χ1) is 8.79. The highest BCUT2D eigenvalue weighted by molar-refractivity contribution is 5.77. The van der Waals surface area contributed by atoms with Gasteiger partial charge in [-0.05, 0) is 31.5 Å². The fourth-order valence-corrected chi connectivity index (χ4v) is 2.26. The van der Waals surface area contributed by atoms with Crippen molar-refractivity contribution in [3.05, 3.63) is 30.3 Å². The Morgan fingerprint density at radius 3 is 2.94 bits per heavy atom. The molecule has 0 bridgehead atoms. The lowest BCUT2D eigenvalue weighted by Gasteiger charge is -2.23. The summed E-state index contributed by atoms with van der Waals surface area (Å²) in [7, 11) is 1.67. The third kappa shape index (κ3) is 3.47. The Hall–Kier alpha value is -1.55. The van der Waals surface area contributed by atoms with Crippen LogP contribution in [0.2, 0.25) is 0 Å². The van der Waals surface area contributed by atoms with Crippen molar-refractivity contribution in [2.45, 2.75) is 18.9 Å². The number of benzene rings is 1. The molecule has 1 amide bonds. The minimum absolute atomic E-state index is 0.0709. The second-order valence-electron chi connectivity index (χ2n) is 4.56. The normalized spacial score (nSPS) is 19.7. The van der Waals surface area contributed by atoms with Crippen LogP contribution in [0.4, 0.5) is 0 Å². The topological polar surface area (TPSA) is 41.6 Å². The zero-order valence-corrected chi connectivity index (χ0v) is 10.8. The Morgan fingerprint density at radius 1 is 1.44 bits per heavy atom. The second kappa shape index (κ2) is 6.40. The molecule has 0 aliphatic carbocycles. The van der Waals surface area contributed by atoms with E-state index in [1.165, 1.54) is 0 Å². The molecule has 1 heterocycles. The van der Waals surface area contributed by atoms with Crippen LogP contribution in [-0.2, 0) is 4.79 Å². The summed E-state index contributed by atoms with van der Waals surface area (Å²) >= 11 is 0. The average Bonchev–Trinajstić information content (AvgIpc) is 2.84. The van der Waals surface area contributed by atoms with E-state index in [9.17, 15) is 4.79 Å². The number of nitrogens with one attached hydrogen (secondary N) is 1. The molecule has 18 heavy (non-hydrogen) atoms. The minimum atomic E-state index is 0.0709. The Kier molecular flexibility index (Phi) is 4.59. The molecular weight excluding hydrogens is 228 g/mol. The van der Waals surface area contributed by atoms with Gasteiger partial charge in [-0.2, -0.15) is 0 Å². The summed E-state index contributed by atoms with van der Waals surface area (Å²) in [5.41, 5.74) is 0. The van der Waals surface area contributed by atoms with Crippen molar-refractivity contribution < 1.29 is 9.53 Å². The largest absolute Gasteiger partial charge is 0.492 e. The van der Waals surface area contributed by atoms with Gasteiger partial charge in [-0.25, -0.2) is 0 Å². The van der Waals surface area contributed by atoms with Gasteiger partial charge in [0.15, 0.2) is 0 Å². The van der Waals surface area contributed by atoms with Crippen LogP contribution < -0.4 is 10.1 Å². The number of amides is 1. The van der Waals surface area contributed by atoms with E-state index in [2.05, 4.69) is 10.2 Å². The van der Waals surface area contributed by atoms with E-state index in [0.29, 0.717) is 19.2 Å². The van der Waals surface area contributed by atoms with Crippen LogP contribution in [0, 0.1) is 0 Å².